The summed E-state index contributed by atoms with van der Waals surface area (Å²) in [6, 6.07) is 0.422. The first-order valence-electron chi connectivity index (χ1n) is 5.03. The van der Waals surface area contributed by atoms with Crippen molar-refractivity contribution in [2.75, 3.05) is 6.54 Å². The van der Waals surface area contributed by atoms with Crippen LogP contribution in [0.15, 0.2) is 0 Å². The molecule has 0 aliphatic heterocycles. The van der Waals surface area contributed by atoms with Crippen molar-refractivity contribution >= 4 is 5.91 Å². The highest BCUT2D eigenvalue weighted by molar-refractivity contribution is 5.85. The van der Waals surface area contributed by atoms with Gasteiger partial charge in [0.15, 0.2) is 0 Å². The maximum absolute atomic E-state index is 11.7. The first kappa shape index (κ1) is 10.5. The monoisotopic (exact) mass is 184 g/mol. The molecule has 1 amide bonds. The fraction of sp³-hybridized carbons (Fsp3) is 0.900. The molecule has 2 atom stereocenters. The van der Waals surface area contributed by atoms with Gasteiger partial charge < -0.3 is 10.6 Å². The molecule has 3 heteroatoms. The highest BCUT2D eigenvalue weighted by Gasteiger charge is 2.37. The van der Waals surface area contributed by atoms with E-state index in [1.807, 2.05) is 20.8 Å². The quantitative estimate of drug-likeness (QED) is 0.681. The second kappa shape index (κ2) is 3.66. The summed E-state index contributed by atoms with van der Waals surface area (Å²) >= 11 is 0. The van der Waals surface area contributed by atoms with Crippen molar-refractivity contribution in [3.63, 3.8) is 0 Å². The van der Waals surface area contributed by atoms with Crippen molar-refractivity contribution in [3.05, 3.63) is 0 Å². The van der Waals surface area contributed by atoms with E-state index in [1.165, 1.54) is 0 Å². The minimum atomic E-state index is -0.433. The Morgan fingerprint density at radius 1 is 1.54 bits per heavy atom. The van der Waals surface area contributed by atoms with Gasteiger partial charge in [0.25, 0.3) is 0 Å². The third-order valence-corrected chi connectivity index (χ3v) is 2.61. The van der Waals surface area contributed by atoms with Gasteiger partial charge in [-0.05, 0) is 32.7 Å². The van der Waals surface area contributed by atoms with Crippen molar-refractivity contribution in [1.29, 1.82) is 0 Å². The molecule has 2 N–H and O–H groups in total. The zero-order chi connectivity index (χ0) is 10.1. The fourth-order valence-electron chi connectivity index (χ4n) is 1.39. The summed E-state index contributed by atoms with van der Waals surface area (Å²) in [7, 11) is 0. The van der Waals surface area contributed by atoms with E-state index in [9.17, 15) is 4.79 Å². The lowest BCUT2D eigenvalue weighted by Gasteiger charge is -2.24. The molecular formula is C10H20N2O. The van der Waals surface area contributed by atoms with Crippen LogP contribution in [0.25, 0.3) is 0 Å². The van der Waals surface area contributed by atoms with Crippen molar-refractivity contribution in [1.82, 2.24) is 10.6 Å². The lowest BCUT2D eigenvalue weighted by atomic mass is 10.0. The SMILES string of the molecule is CCNC(C)(C)C(=O)NC1CC1C. The van der Waals surface area contributed by atoms with Crippen molar-refractivity contribution in [2.24, 2.45) is 5.92 Å². The molecule has 2 unspecified atom stereocenters. The molecule has 3 nitrogen and oxygen atoms in total. The first-order valence-corrected chi connectivity index (χ1v) is 5.03. The molecule has 0 aromatic heterocycles. The molecule has 1 fully saturated rings. The zero-order valence-corrected chi connectivity index (χ0v) is 8.98. The predicted octanol–water partition coefficient (Wildman–Crippen LogP) is 0.899. The zero-order valence-electron chi connectivity index (χ0n) is 8.98. The summed E-state index contributed by atoms with van der Waals surface area (Å²) in [5.41, 5.74) is -0.433. The van der Waals surface area contributed by atoms with Gasteiger partial charge in [-0.25, -0.2) is 0 Å². The van der Waals surface area contributed by atoms with Gasteiger partial charge in [-0.3, -0.25) is 4.79 Å². The van der Waals surface area contributed by atoms with Gasteiger partial charge in [-0.15, -0.1) is 0 Å². The topological polar surface area (TPSA) is 41.1 Å². The number of nitrogens with one attached hydrogen (secondary N) is 2. The molecule has 1 aliphatic carbocycles. The van der Waals surface area contributed by atoms with Crippen LogP contribution in [0, 0.1) is 5.92 Å². The average molecular weight is 184 g/mol. The number of likely N-dealkylation sites (N-methyl/N-ethyl adjacent to an activating group) is 1. The Kier molecular flexibility index (Phi) is 2.96. The number of carbonyl (C=O) groups is 1. The second-order valence-electron chi connectivity index (χ2n) is 4.45. The number of hydrogen-bond acceptors (Lipinski definition) is 2. The Bertz CT molecular complexity index is 201. The van der Waals surface area contributed by atoms with E-state index in [4.69, 9.17) is 0 Å². The molecular weight excluding hydrogens is 164 g/mol. The Balaban J connectivity index is 2.37. The van der Waals surface area contributed by atoms with Gasteiger partial charge in [0.05, 0.1) is 5.54 Å². The Hall–Kier alpha value is -0.570. The molecule has 0 bridgehead atoms. The summed E-state index contributed by atoms with van der Waals surface area (Å²) in [6.45, 7) is 8.82. The highest BCUT2D eigenvalue weighted by atomic mass is 16.2. The van der Waals surface area contributed by atoms with E-state index in [1.54, 1.807) is 0 Å². The van der Waals surface area contributed by atoms with E-state index in [2.05, 4.69) is 17.6 Å². The van der Waals surface area contributed by atoms with Crippen LogP contribution in [-0.4, -0.2) is 24.0 Å². The van der Waals surface area contributed by atoms with Crippen LogP contribution in [-0.2, 0) is 4.79 Å². The van der Waals surface area contributed by atoms with Gasteiger partial charge in [0.1, 0.15) is 0 Å². The van der Waals surface area contributed by atoms with Crippen LogP contribution < -0.4 is 10.6 Å². The third kappa shape index (κ3) is 2.69. The van der Waals surface area contributed by atoms with Gasteiger partial charge in [-0.1, -0.05) is 13.8 Å². The lowest BCUT2D eigenvalue weighted by Crippen LogP contribution is -2.53. The van der Waals surface area contributed by atoms with Crippen LogP contribution in [0.1, 0.15) is 34.1 Å². The van der Waals surface area contributed by atoms with E-state index in [0.29, 0.717) is 12.0 Å². The minimum absolute atomic E-state index is 0.115. The summed E-state index contributed by atoms with van der Waals surface area (Å²) in [4.78, 5) is 11.7. The molecule has 1 saturated carbocycles. The molecule has 13 heavy (non-hydrogen) atoms. The van der Waals surface area contributed by atoms with E-state index in [0.717, 1.165) is 13.0 Å². The van der Waals surface area contributed by atoms with E-state index >= 15 is 0 Å². The third-order valence-electron chi connectivity index (χ3n) is 2.61. The van der Waals surface area contributed by atoms with E-state index in [-0.39, 0.29) is 5.91 Å². The molecule has 1 aliphatic rings. The largest absolute Gasteiger partial charge is 0.352 e. The van der Waals surface area contributed by atoms with E-state index < -0.39 is 5.54 Å². The average Bonchev–Trinajstić information content (AvgIpc) is 2.66. The molecule has 76 valence electrons. The van der Waals surface area contributed by atoms with Gasteiger partial charge in [-0.2, -0.15) is 0 Å². The summed E-state index contributed by atoms with van der Waals surface area (Å²) in [5, 5.41) is 6.18. The van der Waals surface area contributed by atoms with Crippen molar-refractivity contribution in [2.45, 2.75) is 45.7 Å². The van der Waals surface area contributed by atoms with Crippen LogP contribution in [0.4, 0.5) is 0 Å². The normalized spacial score (nSPS) is 27.1. The standard InChI is InChI=1S/C10H20N2O/c1-5-11-10(3,4)9(13)12-8-6-7(8)2/h7-8,11H,5-6H2,1-4H3,(H,12,13). The van der Waals surface area contributed by atoms with Crippen molar-refractivity contribution < 1.29 is 4.79 Å². The molecule has 1 rings (SSSR count). The van der Waals surface area contributed by atoms with Gasteiger partial charge in [0, 0.05) is 6.04 Å². The number of amides is 1. The molecule has 0 heterocycles. The maximum Gasteiger partial charge on any atom is 0.239 e. The number of carbonyl (C=O) groups excluding carboxylic acids is 1. The molecule has 0 spiro atoms. The lowest BCUT2D eigenvalue weighted by molar-refractivity contribution is -0.126. The van der Waals surface area contributed by atoms with Crippen molar-refractivity contribution in [3.8, 4) is 0 Å². The predicted molar refractivity (Wildman–Crippen MR) is 53.5 cm³/mol. The molecule has 0 aromatic carbocycles. The van der Waals surface area contributed by atoms with Crippen LogP contribution in [0.2, 0.25) is 0 Å². The number of hydrogen-bond donors (Lipinski definition) is 2. The Labute approximate surface area is 80.3 Å². The summed E-state index contributed by atoms with van der Waals surface area (Å²) in [5.74, 6) is 0.782. The second-order valence-corrected chi connectivity index (χ2v) is 4.45. The molecule has 0 aromatic rings. The summed E-state index contributed by atoms with van der Waals surface area (Å²) < 4.78 is 0. The Morgan fingerprint density at radius 3 is 2.46 bits per heavy atom. The minimum Gasteiger partial charge on any atom is -0.352 e. The number of rotatable bonds is 4. The van der Waals surface area contributed by atoms with Gasteiger partial charge in [0.2, 0.25) is 5.91 Å². The van der Waals surface area contributed by atoms with Crippen LogP contribution >= 0.6 is 0 Å². The van der Waals surface area contributed by atoms with Crippen LogP contribution in [0.3, 0.4) is 0 Å². The highest BCUT2D eigenvalue weighted by Crippen LogP contribution is 2.29. The Morgan fingerprint density at radius 2 is 2.08 bits per heavy atom. The molecule has 0 radical (unpaired) electrons. The fourth-order valence-corrected chi connectivity index (χ4v) is 1.39. The summed E-state index contributed by atoms with van der Waals surface area (Å²) in [6.07, 6.45) is 1.13. The van der Waals surface area contributed by atoms with Gasteiger partial charge >= 0.3 is 0 Å². The molecule has 0 saturated heterocycles. The van der Waals surface area contributed by atoms with Crippen LogP contribution in [0.5, 0.6) is 0 Å². The first-order chi connectivity index (χ1) is 5.97. The smallest absolute Gasteiger partial charge is 0.239 e. The maximum atomic E-state index is 11.7.